The number of nitrogens with zero attached hydrogens (tertiary/aromatic N) is 5. The van der Waals surface area contributed by atoms with Crippen molar-refractivity contribution in [2.24, 2.45) is 0 Å². The number of unbranched alkanes of at least 4 members (excludes halogenated alkanes) is 1. The summed E-state index contributed by atoms with van der Waals surface area (Å²) >= 11 is 6.27. The van der Waals surface area contributed by atoms with E-state index < -0.39 is 0 Å². The normalized spacial score (nSPS) is 11.1. The van der Waals surface area contributed by atoms with Crippen molar-refractivity contribution in [1.82, 2.24) is 19.5 Å². The Kier molecular flexibility index (Phi) is 4.73. The number of fused-ring (bicyclic) bond motifs is 1. The number of halogens is 1. The van der Waals surface area contributed by atoms with E-state index >= 15 is 0 Å². The van der Waals surface area contributed by atoms with E-state index in [9.17, 15) is 0 Å². The van der Waals surface area contributed by atoms with Crippen molar-refractivity contribution < 1.29 is 5.11 Å². The van der Waals surface area contributed by atoms with Gasteiger partial charge >= 0.3 is 0 Å². The number of rotatable bonds is 6. The van der Waals surface area contributed by atoms with Crippen LogP contribution < -0.4 is 4.90 Å². The van der Waals surface area contributed by atoms with Gasteiger partial charge in [-0.3, -0.25) is 0 Å². The molecule has 0 aliphatic heterocycles. The van der Waals surface area contributed by atoms with Gasteiger partial charge in [-0.2, -0.15) is 9.97 Å². The molecule has 0 saturated heterocycles. The standard InChI is InChI=1S/C16H18ClN5O/c1-21(12-7-3-2-4-8-12)16-19-14(17)13-15(20-16)22(11-18-13)9-5-6-10-23/h2-4,7-8,11,23H,5-6,9-10H2,1H3. The van der Waals surface area contributed by atoms with Crippen LogP contribution in [0.3, 0.4) is 0 Å². The van der Waals surface area contributed by atoms with Crippen molar-refractivity contribution in [2.75, 3.05) is 18.6 Å². The molecule has 7 heteroatoms. The van der Waals surface area contributed by atoms with Crippen LogP contribution in [0.5, 0.6) is 0 Å². The number of benzene rings is 1. The zero-order valence-electron chi connectivity index (χ0n) is 12.9. The fraction of sp³-hybridized carbons (Fsp3) is 0.312. The highest BCUT2D eigenvalue weighted by molar-refractivity contribution is 6.33. The Bertz CT molecular complexity index is 790. The molecule has 0 fully saturated rings. The molecule has 0 spiro atoms. The van der Waals surface area contributed by atoms with Crippen LogP contribution in [-0.2, 0) is 6.54 Å². The van der Waals surface area contributed by atoms with Crippen LogP contribution in [0, 0.1) is 0 Å². The summed E-state index contributed by atoms with van der Waals surface area (Å²) in [4.78, 5) is 15.2. The average molecular weight is 332 g/mol. The van der Waals surface area contributed by atoms with Gasteiger partial charge in [-0.15, -0.1) is 0 Å². The van der Waals surface area contributed by atoms with Gasteiger partial charge in [-0.1, -0.05) is 29.8 Å². The molecule has 0 saturated carbocycles. The zero-order valence-corrected chi connectivity index (χ0v) is 13.6. The van der Waals surface area contributed by atoms with Gasteiger partial charge < -0.3 is 14.6 Å². The molecule has 1 N–H and O–H groups in total. The summed E-state index contributed by atoms with van der Waals surface area (Å²) in [6.45, 7) is 0.920. The largest absolute Gasteiger partial charge is 0.396 e. The molecule has 2 heterocycles. The van der Waals surface area contributed by atoms with E-state index in [2.05, 4.69) is 15.0 Å². The lowest BCUT2D eigenvalue weighted by Gasteiger charge is -2.17. The van der Waals surface area contributed by atoms with Crippen LogP contribution in [0.25, 0.3) is 11.2 Å². The van der Waals surface area contributed by atoms with E-state index in [-0.39, 0.29) is 6.61 Å². The van der Waals surface area contributed by atoms with Gasteiger partial charge in [0.15, 0.2) is 10.8 Å². The lowest BCUT2D eigenvalue weighted by Crippen LogP contribution is -2.13. The van der Waals surface area contributed by atoms with Gasteiger partial charge in [0.25, 0.3) is 0 Å². The molecule has 0 atom stereocenters. The molecule has 6 nitrogen and oxygen atoms in total. The van der Waals surface area contributed by atoms with Gasteiger partial charge in [0.1, 0.15) is 5.52 Å². The molecule has 0 bridgehead atoms. The summed E-state index contributed by atoms with van der Waals surface area (Å²) in [5, 5.41) is 9.26. The maximum Gasteiger partial charge on any atom is 0.233 e. The monoisotopic (exact) mass is 331 g/mol. The van der Waals surface area contributed by atoms with Gasteiger partial charge in [-0.05, 0) is 25.0 Å². The maximum absolute atomic E-state index is 8.92. The van der Waals surface area contributed by atoms with Crippen molar-refractivity contribution in [2.45, 2.75) is 19.4 Å². The Morgan fingerprint density at radius 2 is 1.96 bits per heavy atom. The fourth-order valence-corrected chi connectivity index (χ4v) is 2.58. The SMILES string of the molecule is CN(c1ccccc1)c1nc(Cl)c2ncn(CCCCO)c2n1. The molecule has 23 heavy (non-hydrogen) atoms. The fourth-order valence-electron chi connectivity index (χ4n) is 2.37. The molecule has 0 aliphatic rings. The second-order valence-corrected chi connectivity index (χ2v) is 5.61. The molecule has 120 valence electrons. The second kappa shape index (κ2) is 6.93. The summed E-state index contributed by atoms with van der Waals surface area (Å²) in [7, 11) is 1.90. The topological polar surface area (TPSA) is 67.1 Å². The number of aryl methyl sites for hydroxylation is 1. The van der Waals surface area contributed by atoms with Gasteiger partial charge in [0, 0.05) is 25.9 Å². The minimum atomic E-state index is 0.185. The smallest absolute Gasteiger partial charge is 0.233 e. The van der Waals surface area contributed by atoms with E-state index in [1.54, 1.807) is 6.33 Å². The second-order valence-electron chi connectivity index (χ2n) is 5.25. The summed E-state index contributed by atoms with van der Waals surface area (Å²) in [5.41, 5.74) is 2.29. The molecular formula is C16H18ClN5O. The van der Waals surface area contributed by atoms with E-state index in [4.69, 9.17) is 16.7 Å². The highest BCUT2D eigenvalue weighted by Gasteiger charge is 2.15. The number of anilines is 2. The van der Waals surface area contributed by atoms with Crippen LogP contribution in [-0.4, -0.2) is 38.3 Å². The third-order valence-electron chi connectivity index (χ3n) is 3.66. The average Bonchev–Trinajstić information content (AvgIpc) is 2.99. The minimum Gasteiger partial charge on any atom is -0.396 e. The number of aromatic nitrogens is 4. The molecule has 3 aromatic rings. The molecular weight excluding hydrogens is 314 g/mol. The zero-order chi connectivity index (χ0) is 16.2. The number of hydrogen-bond donors (Lipinski definition) is 1. The molecule has 0 amide bonds. The van der Waals surface area contributed by atoms with Crippen LogP contribution in [0.4, 0.5) is 11.6 Å². The first kappa shape index (κ1) is 15.7. The Balaban J connectivity index is 1.97. The molecule has 2 aromatic heterocycles. The van der Waals surface area contributed by atoms with Crippen LogP contribution in [0.2, 0.25) is 5.15 Å². The van der Waals surface area contributed by atoms with Crippen molar-refractivity contribution in [1.29, 1.82) is 0 Å². The highest BCUT2D eigenvalue weighted by Crippen LogP contribution is 2.25. The van der Waals surface area contributed by atoms with Crippen LogP contribution in [0.1, 0.15) is 12.8 Å². The van der Waals surface area contributed by atoms with E-state index in [1.807, 2.05) is 46.8 Å². The lowest BCUT2D eigenvalue weighted by molar-refractivity contribution is 0.281. The Morgan fingerprint density at radius 1 is 1.17 bits per heavy atom. The summed E-state index contributed by atoms with van der Waals surface area (Å²) in [6.07, 6.45) is 3.32. The van der Waals surface area contributed by atoms with Gasteiger partial charge in [-0.25, -0.2) is 4.98 Å². The van der Waals surface area contributed by atoms with E-state index in [1.165, 1.54) is 0 Å². The number of imidazole rings is 1. The maximum atomic E-state index is 8.92. The van der Waals surface area contributed by atoms with Gasteiger partial charge in [0.2, 0.25) is 5.95 Å². The minimum absolute atomic E-state index is 0.185. The summed E-state index contributed by atoms with van der Waals surface area (Å²) in [5.74, 6) is 0.526. The van der Waals surface area contributed by atoms with Gasteiger partial charge in [0.05, 0.1) is 6.33 Å². The quantitative estimate of drug-likeness (QED) is 0.555. The number of hydrogen-bond acceptors (Lipinski definition) is 5. The summed E-state index contributed by atoms with van der Waals surface area (Å²) in [6, 6.07) is 9.86. The number of aliphatic hydroxyl groups is 1. The third kappa shape index (κ3) is 3.28. The van der Waals surface area contributed by atoms with Crippen molar-refractivity contribution in [3.8, 4) is 0 Å². The molecule has 0 unspecified atom stereocenters. The Hall–Kier alpha value is -2.18. The summed E-state index contributed by atoms with van der Waals surface area (Å²) < 4.78 is 1.95. The predicted octanol–water partition coefficient (Wildman–Crippen LogP) is 3.02. The molecule has 0 radical (unpaired) electrons. The Labute approximate surface area is 139 Å². The number of aliphatic hydroxyl groups excluding tert-OH is 1. The lowest BCUT2D eigenvalue weighted by atomic mass is 10.3. The number of para-hydroxylation sites is 1. The Morgan fingerprint density at radius 3 is 2.70 bits per heavy atom. The third-order valence-corrected chi connectivity index (χ3v) is 3.92. The van der Waals surface area contributed by atoms with Crippen molar-refractivity contribution in [3.05, 3.63) is 41.8 Å². The van der Waals surface area contributed by atoms with Crippen LogP contribution >= 0.6 is 11.6 Å². The predicted molar refractivity (Wildman–Crippen MR) is 91.2 cm³/mol. The van der Waals surface area contributed by atoms with Crippen LogP contribution in [0.15, 0.2) is 36.7 Å². The highest BCUT2D eigenvalue weighted by atomic mass is 35.5. The van der Waals surface area contributed by atoms with E-state index in [0.29, 0.717) is 22.3 Å². The first-order chi connectivity index (χ1) is 11.2. The first-order valence-electron chi connectivity index (χ1n) is 7.48. The van der Waals surface area contributed by atoms with Crippen molar-refractivity contribution >= 4 is 34.4 Å². The van der Waals surface area contributed by atoms with E-state index in [0.717, 1.165) is 25.1 Å². The molecule has 0 aliphatic carbocycles. The van der Waals surface area contributed by atoms with Crippen molar-refractivity contribution in [3.63, 3.8) is 0 Å². The first-order valence-corrected chi connectivity index (χ1v) is 7.86. The molecule has 1 aromatic carbocycles. The molecule has 3 rings (SSSR count).